The molecule has 0 amide bonds. The normalized spacial score (nSPS) is 12.1. The third-order valence-electron chi connectivity index (χ3n) is 2.03. The van der Waals surface area contributed by atoms with Gasteiger partial charge in [-0.1, -0.05) is 0 Å². The van der Waals surface area contributed by atoms with Crippen LogP contribution in [-0.4, -0.2) is 22.6 Å². The van der Waals surface area contributed by atoms with Crippen LogP contribution < -0.4 is 0 Å². The first kappa shape index (κ1) is 13.5. The summed E-state index contributed by atoms with van der Waals surface area (Å²) in [6.07, 6.45) is -5.10. The van der Waals surface area contributed by atoms with Gasteiger partial charge in [0.2, 0.25) is 0 Å². The van der Waals surface area contributed by atoms with Gasteiger partial charge in [0, 0.05) is 7.05 Å². The molecule has 92 valence electrons. The number of rotatable bonds is 4. The first-order chi connectivity index (χ1) is 7.31. The fraction of sp³-hybridized carbons (Fsp3) is 0.667. The fourth-order valence-electron chi connectivity index (χ4n) is 1.19. The van der Waals surface area contributed by atoms with E-state index in [0.717, 1.165) is 15.9 Å². The van der Waals surface area contributed by atoms with Crippen LogP contribution in [0, 0.1) is 6.92 Å². The molecule has 16 heavy (non-hydrogen) atoms. The number of halogens is 4. The van der Waals surface area contributed by atoms with E-state index in [-0.39, 0.29) is 13.2 Å². The summed E-state index contributed by atoms with van der Waals surface area (Å²) >= 11 is 3.31. The van der Waals surface area contributed by atoms with E-state index in [9.17, 15) is 13.2 Å². The summed E-state index contributed by atoms with van der Waals surface area (Å²) in [6, 6.07) is 0. The van der Waals surface area contributed by atoms with E-state index in [1.807, 2.05) is 6.92 Å². The molecular formula is C9H12BrF3N2O. The molecule has 0 bridgehead atoms. The maximum absolute atomic E-state index is 11.8. The lowest BCUT2D eigenvalue weighted by Gasteiger charge is -2.07. The van der Waals surface area contributed by atoms with Gasteiger partial charge >= 0.3 is 6.18 Å². The molecule has 0 aliphatic rings. The van der Waals surface area contributed by atoms with Crippen molar-refractivity contribution in [3.63, 3.8) is 0 Å². The molecule has 0 aliphatic heterocycles. The predicted molar refractivity (Wildman–Crippen MR) is 56.0 cm³/mol. The maximum atomic E-state index is 11.8. The molecule has 1 aromatic rings. The number of hydrogen-bond acceptors (Lipinski definition) is 2. The van der Waals surface area contributed by atoms with Gasteiger partial charge in [-0.2, -0.15) is 18.3 Å². The lowest BCUT2D eigenvalue weighted by molar-refractivity contribution is -0.146. The van der Waals surface area contributed by atoms with Crippen LogP contribution in [0.25, 0.3) is 0 Å². The Labute approximate surface area is 99.7 Å². The zero-order valence-electron chi connectivity index (χ0n) is 8.94. The van der Waals surface area contributed by atoms with Crippen molar-refractivity contribution in [1.29, 1.82) is 0 Å². The smallest absolute Gasteiger partial charge is 0.375 e. The summed E-state index contributed by atoms with van der Waals surface area (Å²) in [5, 5.41) is 4.11. The fourth-order valence-corrected chi connectivity index (χ4v) is 1.64. The van der Waals surface area contributed by atoms with Crippen molar-refractivity contribution in [3.05, 3.63) is 15.9 Å². The van der Waals surface area contributed by atoms with Crippen LogP contribution in [0.15, 0.2) is 4.47 Å². The zero-order chi connectivity index (χ0) is 12.3. The number of hydrogen-bond donors (Lipinski definition) is 0. The van der Waals surface area contributed by atoms with Gasteiger partial charge in [0.1, 0.15) is 0 Å². The Morgan fingerprint density at radius 3 is 2.50 bits per heavy atom. The second-order valence-corrected chi connectivity index (χ2v) is 4.18. The van der Waals surface area contributed by atoms with Gasteiger partial charge in [0.05, 0.1) is 35.5 Å². The molecular weight excluding hydrogens is 289 g/mol. The van der Waals surface area contributed by atoms with Gasteiger partial charge in [0.25, 0.3) is 0 Å². The van der Waals surface area contributed by atoms with Gasteiger partial charge in [0.15, 0.2) is 0 Å². The van der Waals surface area contributed by atoms with Gasteiger partial charge in [-0.15, -0.1) is 0 Å². The molecule has 0 aromatic carbocycles. The number of aromatic nitrogens is 2. The molecule has 0 spiro atoms. The second kappa shape index (κ2) is 5.18. The molecule has 0 N–H and O–H groups in total. The van der Waals surface area contributed by atoms with Gasteiger partial charge < -0.3 is 4.74 Å². The van der Waals surface area contributed by atoms with Crippen molar-refractivity contribution in [2.45, 2.75) is 26.1 Å². The maximum Gasteiger partial charge on any atom is 0.391 e. The van der Waals surface area contributed by atoms with Crippen molar-refractivity contribution >= 4 is 15.9 Å². The monoisotopic (exact) mass is 300 g/mol. The average molecular weight is 301 g/mol. The van der Waals surface area contributed by atoms with E-state index < -0.39 is 12.6 Å². The SMILES string of the molecule is Cc1nn(C)c(COCCC(F)(F)F)c1Br. The van der Waals surface area contributed by atoms with Gasteiger partial charge in [-0.05, 0) is 22.9 Å². The lowest BCUT2D eigenvalue weighted by Crippen LogP contribution is -2.12. The van der Waals surface area contributed by atoms with E-state index in [1.54, 1.807) is 11.7 Å². The Hall–Kier alpha value is -0.560. The van der Waals surface area contributed by atoms with Crippen LogP contribution in [0.2, 0.25) is 0 Å². The summed E-state index contributed by atoms with van der Waals surface area (Å²) in [7, 11) is 1.72. The Morgan fingerprint density at radius 1 is 1.44 bits per heavy atom. The molecule has 0 unspecified atom stereocenters. The number of aryl methyl sites for hydroxylation is 2. The van der Waals surface area contributed by atoms with Crippen molar-refractivity contribution in [3.8, 4) is 0 Å². The minimum Gasteiger partial charge on any atom is -0.375 e. The molecule has 0 atom stereocenters. The van der Waals surface area contributed by atoms with E-state index >= 15 is 0 Å². The van der Waals surface area contributed by atoms with E-state index in [0.29, 0.717) is 0 Å². The minimum absolute atomic E-state index is 0.119. The summed E-state index contributed by atoms with van der Waals surface area (Å²) in [6.45, 7) is 1.59. The molecule has 0 radical (unpaired) electrons. The Bertz CT molecular complexity index is 362. The van der Waals surface area contributed by atoms with Crippen LogP contribution in [0.3, 0.4) is 0 Å². The van der Waals surface area contributed by atoms with Crippen molar-refractivity contribution in [2.24, 2.45) is 7.05 Å². The summed E-state index contributed by atoms with van der Waals surface area (Å²) in [5.41, 5.74) is 1.52. The van der Waals surface area contributed by atoms with Crippen LogP contribution in [0.5, 0.6) is 0 Å². The van der Waals surface area contributed by atoms with Gasteiger partial charge in [-0.3, -0.25) is 4.68 Å². The zero-order valence-corrected chi connectivity index (χ0v) is 10.5. The molecule has 0 fully saturated rings. The highest BCUT2D eigenvalue weighted by atomic mass is 79.9. The number of ether oxygens (including phenoxy) is 1. The molecule has 0 saturated carbocycles. The number of alkyl halides is 3. The third kappa shape index (κ3) is 3.79. The van der Waals surface area contributed by atoms with Crippen molar-refractivity contribution in [2.75, 3.05) is 6.61 Å². The van der Waals surface area contributed by atoms with E-state index in [1.165, 1.54) is 0 Å². The minimum atomic E-state index is -4.17. The summed E-state index contributed by atoms with van der Waals surface area (Å²) in [5.74, 6) is 0. The van der Waals surface area contributed by atoms with E-state index in [2.05, 4.69) is 21.0 Å². The number of nitrogens with zero attached hydrogens (tertiary/aromatic N) is 2. The van der Waals surface area contributed by atoms with Crippen LogP contribution in [0.1, 0.15) is 17.8 Å². The highest BCUT2D eigenvalue weighted by molar-refractivity contribution is 9.10. The van der Waals surface area contributed by atoms with Crippen LogP contribution in [0.4, 0.5) is 13.2 Å². The highest BCUT2D eigenvalue weighted by Gasteiger charge is 2.26. The predicted octanol–water partition coefficient (Wildman–Crippen LogP) is 2.96. The Morgan fingerprint density at radius 2 is 2.06 bits per heavy atom. The van der Waals surface area contributed by atoms with E-state index in [4.69, 9.17) is 4.74 Å². The van der Waals surface area contributed by atoms with Gasteiger partial charge in [-0.25, -0.2) is 0 Å². The third-order valence-corrected chi connectivity index (χ3v) is 3.06. The molecule has 1 rings (SSSR count). The highest BCUT2D eigenvalue weighted by Crippen LogP contribution is 2.22. The molecule has 3 nitrogen and oxygen atoms in total. The molecule has 0 aliphatic carbocycles. The first-order valence-corrected chi connectivity index (χ1v) is 5.43. The lowest BCUT2D eigenvalue weighted by atomic mass is 10.4. The summed E-state index contributed by atoms with van der Waals surface area (Å²) in [4.78, 5) is 0. The van der Waals surface area contributed by atoms with Crippen LogP contribution >= 0.6 is 15.9 Å². The first-order valence-electron chi connectivity index (χ1n) is 4.63. The Balaban J connectivity index is 2.43. The molecule has 0 saturated heterocycles. The largest absolute Gasteiger partial charge is 0.391 e. The Kier molecular flexibility index (Phi) is 4.37. The van der Waals surface area contributed by atoms with Crippen molar-refractivity contribution < 1.29 is 17.9 Å². The molecule has 1 aromatic heterocycles. The quantitative estimate of drug-likeness (QED) is 0.800. The standard InChI is InChI=1S/C9H12BrF3N2O/c1-6-8(10)7(15(2)14-6)5-16-4-3-9(11,12)13/h3-5H2,1-2H3. The molecule has 1 heterocycles. The average Bonchev–Trinajstić information content (AvgIpc) is 2.36. The van der Waals surface area contributed by atoms with Crippen LogP contribution in [-0.2, 0) is 18.4 Å². The second-order valence-electron chi connectivity index (χ2n) is 3.39. The topological polar surface area (TPSA) is 27.1 Å². The van der Waals surface area contributed by atoms with Crippen molar-refractivity contribution in [1.82, 2.24) is 9.78 Å². The summed E-state index contributed by atoms with van der Waals surface area (Å²) < 4.78 is 42.8. The molecule has 7 heteroatoms.